The highest BCUT2D eigenvalue weighted by Gasteiger charge is 2.42. The first-order valence-corrected chi connectivity index (χ1v) is 12.3. The summed E-state index contributed by atoms with van der Waals surface area (Å²) in [4.78, 5) is -0.272. The molecule has 158 valence electrons. The molecule has 0 fully saturated rings. The zero-order valence-electron chi connectivity index (χ0n) is 16.4. The Balaban J connectivity index is 2.02. The van der Waals surface area contributed by atoms with Crippen LogP contribution in [0.15, 0.2) is 41.3 Å². The van der Waals surface area contributed by atoms with E-state index in [0.717, 1.165) is 12.1 Å². The minimum Gasteiger partial charge on any atom is -0.280 e. The van der Waals surface area contributed by atoms with Crippen LogP contribution in [0.4, 0.5) is 15.8 Å². The molecule has 0 saturated carbocycles. The number of fused-ring (bicyclic) bond motifs is 1. The second kappa shape index (κ2) is 7.14. The van der Waals surface area contributed by atoms with Gasteiger partial charge in [-0.2, -0.15) is 0 Å². The first-order valence-electron chi connectivity index (χ1n) is 8.90. The maximum absolute atomic E-state index is 14.5. The molecule has 0 aromatic heterocycles. The number of hydrogen-bond donors (Lipinski definition) is 1. The van der Waals surface area contributed by atoms with E-state index in [9.17, 15) is 21.2 Å². The van der Waals surface area contributed by atoms with Crippen molar-refractivity contribution in [3.05, 3.63) is 52.8 Å². The third-order valence-electron chi connectivity index (χ3n) is 4.88. The number of nitrogens with zero attached hydrogens (tertiary/aromatic N) is 1. The van der Waals surface area contributed by atoms with Crippen LogP contribution in [0.1, 0.15) is 33.3 Å². The van der Waals surface area contributed by atoms with Crippen molar-refractivity contribution in [3.8, 4) is 0 Å². The summed E-state index contributed by atoms with van der Waals surface area (Å²) in [6, 6.07) is 8.15. The van der Waals surface area contributed by atoms with Crippen molar-refractivity contribution in [2.24, 2.45) is 0 Å². The SMILES string of the molecule is CC(C)S(=O)(=O)Nc1ccc(S(=O)(=O)N2CC(C)(C)c3c(Cl)cccc32)cc1F. The van der Waals surface area contributed by atoms with E-state index >= 15 is 0 Å². The van der Waals surface area contributed by atoms with E-state index in [1.54, 1.807) is 18.2 Å². The summed E-state index contributed by atoms with van der Waals surface area (Å²) >= 11 is 6.30. The lowest BCUT2D eigenvalue weighted by Crippen LogP contribution is -2.34. The van der Waals surface area contributed by atoms with Gasteiger partial charge in [0.05, 0.1) is 21.5 Å². The molecule has 0 saturated heterocycles. The Morgan fingerprint density at radius 3 is 2.38 bits per heavy atom. The van der Waals surface area contributed by atoms with Crippen LogP contribution in [0.3, 0.4) is 0 Å². The molecule has 0 radical (unpaired) electrons. The molecule has 0 unspecified atom stereocenters. The number of hydrogen-bond acceptors (Lipinski definition) is 4. The summed E-state index contributed by atoms with van der Waals surface area (Å²) in [7, 11) is -7.84. The van der Waals surface area contributed by atoms with E-state index in [0.29, 0.717) is 16.3 Å². The predicted molar refractivity (Wildman–Crippen MR) is 113 cm³/mol. The number of rotatable bonds is 5. The maximum atomic E-state index is 14.5. The molecule has 6 nitrogen and oxygen atoms in total. The highest BCUT2D eigenvalue weighted by Crippen LogP contribution is 2.46. The van der Waals surface area contributed by atoms with Crippen LogP contribution in [0.2, 0.25) is 5.02 Å². The van der Waals surface area contributed by atoms with Crippen LogP contribution in [0.5, 0.6) is 0 Å². The van der Waals surface area contributed by atoms with Crippen molar-refractivity contribution in [1.29, 1.82) is 0 Å². The summed E-state index contributed by atoms with van der Waals surface area (Å²) in [5.41, 5.74) is 0.342. The number of anilines is 2. The fraction of sp³-hybridized carbons (Fsp3) is 0.368. The van der Waals surface area contributed by atoms with Crippen LogP contribution < -0.4 is 9.03 Å². The van der Waals surface area contributed by atoms with Crippen molar-refractivity contribution >= 4 is 43.0 Å². The number of sulfonamides is 2. The summed E-state index contributed by atoms with van der Waals surface area (Å²) in [6.07, 6.45) is 0. The first-order chi connectivity index (χ1) is 13.3. The van der Waals surface area contributed by atoms with E-state index in [2.05, 4.69) is 4.72 Å². The minimum absolute atomic E-state index is 0.151. The number of halogens is 2. The van der Waals surface area contributed by atoms with E-state index in [1.165, 1.54) is 24.2 Å². The molecule has 0 atom stereocenters. The minimum atomic E-state index is -4.08. The molecular formula is C19H22ClFN2O4S2. The van der Waals surface area contributed by atoms with Gasteiger partial charge in [-0.05, 0) is 44.2 Å². The van der Waals surface area contributed by atoms with Gasteiger partial charge in [-0.3, -0.25) is 9.03 Å². The van der Waals surface area contributed by atoms with Gasteiger partial charge >= 0.3 is 0 Å². The first kappa shape index (κ1) is 21.9. The lowest BCUT2D eigenvalue weighted by molar-refractivity contribution is 0.554. The van der Waals surface area contributed by atoms with E-state index in [1.807, 2.05) is 13.8 Å². The molecule has 0 amide bonds. The maximum Gasteiger partial charge on any atom is 0.264 e. The number of benzene rings is 2. The van der Waals surface area contributed by atoms with Crippen LogP contribution >= 0.6 is 11.6 Å². The summed E-state index contributed by atoms with van der Waals surface area (Å²) in [5, 5.41) is -0.298. The van der Waals surface area contributed by atoms with E-state index < -0.39 is 36.5 Å². The highest BCUT2D eigenvalue weighted by molar-refractivity contribution is 7.93. The van der Waals surface area contributed by atoms with Gasteiger partial charge in [0.15, 0.2) is 0 Å². The molecule has 0 aliphatic carbocycles. The summed E-state index contributed by atoms with van der Waals surface area (Å²) in [6.45, 7) is 6.83. The second-order valence-corrected chi connectivity index (χ2v) is 12.4. The van der Waals surface area contributed by atoms with Crippen molar-refractivity contribution in [2.75, 3.05) is 15.6 Å². The Kier molecular flexibility index (Phi) is 5.38. The number of nitrogens with one attached hydrogen (secondary N) is 1. The molecule has 2 aromatic carbocycles. The molecule has 29 heavy (non-hydrogen) atoms. The Bertz CT molecular complexity index is 1180. The molecule has 0 spiro atoms. The Morgan fingerprint density at radius 2 is 1.79 bits per heavy atom. The van der Waals surface area contributed by atoms with Crippen molar-refractivity contribution in [1.82, 2.24) is 0 Å². The van der Waals surface area contributed by atoms with Crippen molar-refractivity contribution < 1.29 is 21.2 Å². The van der Waals surface area contributed by atoms with Crippen LogP contribution in [-0.4, -0.2) is 28.6 Å². The third kappa shape index (κ3) is 3.83. The van der Waals surface area contributed by atoms with Crippen LogP contribution in [-0.2, 0) is 25.5 Å². The molecule has 1 heterocycles. The van der Waals surface area contributed by atoms with Gasteiger partial charge in [0, 0.05) is 22.5 Å². The van der Waals surface area contributed by atoms with Gasteiger partial charge in [0.25, 0.3) is 10.0 Å². The molecular weight excluding hydrogens is 439 g/mol. The standard InChI is InChI=1S/C19H22ClFN2O4S2/c1-12(2)28(24,25)22-16-9-8-13(10-15(16)21)29(26,27)23-11-19(3,4)18-14(20)6-5-7-17(18)23/h5-10,12,22H,11H2,1-4H3. The largest absolute Gasteiger partial charge is 0.280 e. The van der Waals surface area contributed by atoms with Gasteiger partial charge in [-0.1, -0.05) is 31.5 Å². The molecule has 10 heteroatoms. The predicted octanol–water partition coefficient (Wildman–Crippen LogP) is 4.12. The van der Waals surface area contributed by atoms with Crippen LogP contribution in [0, 0.1) is 5.82 Å². The van der Waals surface area contributed by atoms with Crippen molar-refractivity contribution in [2.45, 2.75) is 43.3 Å². The molecule has 3 rings (SSSR count). The average Bonchev–Trinajstić information content (AvgIpc) is 2.89. The van der Waals surface area contributed by atoms with E-state index in [4.69, 9.17) is 11.6 Å². The Hall–Kier alpha value is -1.84. The quantitative estimate of drug-likeness (QED) is 0.727. The molecule has 1 aliphatic heterocycles. The lowest BCUT2D eigenvalue weighted by Gasteiger charge is -2.22. The fourth-order valence-corrected chi connectivity index (χ4v) is 6.05. The lowest BCUT2D eigenvalue weighted by atomic mass is 9.87. The molecule has 2 aromatic rings. The average molecular weight is 461 g/mol. The van der Waals surface area contributed by atoms with Crippen LogP contribution in [0.25, 0.3) is 0 Å². The fourth-order valence-electron chi connectivity index (χ4n) is 3.27. The highest BCUT2D eigenvalue weighted by atomic mass is 35.5. The molecule has 1 N–H and O–H groups in total. The molecule has 0 bridgehead atoms. The zero-order valence-corrected chi connectivity index (χ0v) is 18.8. The van der Waals surface area contributed by atoms with Gasteiger partial charge in [0.2, 0.25) is 10.0 Å². The van der Waals surface area contributed by atoms with E-state index in [-0.39, 0.29) is 17.1 Å². The second-order valence-electron chi connectivity index (χ2n) is 7.87. The van der Waals surface area contributed by atoms with Crippen molar-refractivity contribution in [3.63, 3.8) is 0 Å². The summed E-state index contributed by atoms with van der Waals surface area (Å²) < 4.78 is 68.3. The van der Waals surface area contributed by atoms with Gasteiger partial charge in [-0.15, -0.1) is 0 Å². The Morgan fingerprint density at radius 1 is 1.14 bits per heavy atom. The zero-order chi connectivity index (χ0) is 21.8. The monoisotopic (exact) mass is 460 g/mol. The normalized spacial score (nSPS) is 16.2. The topological polar surface area (TPSA) is 83.5 Å². The van der Waals surface area contributed by atoms with Gasteiger partial charge in [-0.25, -0.2) is 21.2 Å². The smallest absolute Gasteiger partial charge is 0.264 e. The van der Waals surface area contributed by atoms with Gasteiger partial charge in [0.1, 0.15) is 5.82 Å². The molecule has 1 aliphatic rings. The Labute approximate surface area is 175 Å². The summed E-state index contributed by atoms with van der Waals surface area (Å²) in [5.74, 6) is -0.972. The third-order valence-corrected chi connectivity index (χ3v) is 8.69. The van der Waals surface area contributed by atoms with Gasteiger partial charge < -0.3 is 0 Å².